The summed E-state index contributed by atoms with van der Waals surface area (Å²) in [5.74, 6) is 0.848. The van der Waals surface area contributed by atoms with E-state index in [4.69, 9.17) is 0 Å². The van der Waals surface area contributed by atoms with Crippen molar-refractivity contribution < 1.29 is 0 Å². The van der Waals surface area contributed by atoms with Gasteiger partial charge in [0, 0.05) is 6.04 Å². The van der Waals surface area contributed by atoms with Crippen LogP contribution in [-0.2, 0) is 0 Å². The van der Waals surface area contributed by atoms with E-state index in [1.165, 1.54) is 44.9 Å². The average Bonchev–Trinajstić information content (AvgIpc) is 2.79. The molecule has 2 aliphatic rings. The third-order valence-corrected chi connectivity index (χ3v) is 4.89. The highest BCUT2D eigenvalue weighted by atomic mass is 14.9. The molecule has 0 bridgehead atoms. The van der Waals surface area contributed by atoms with Gasteiger partial charge >= 0.3 is 0 Å². The molecule has 2 atom stereocenters. The van der Waals surface area contributed by atoms with E-state index < -0.39 is 0 Å². The van der Waals surface area contributed by atoms with Crippen LogP contribution in [0.1, 0.15) is 65.7 Å². The molecule has 0 aliphatic heterocycles. The molecule has 0 heterocycles. The molecule has 0 radical (unpaired) electrons. The Balaban J connectivity index is 2.13. The standard InChI is InChI=1S/C16H29N/c1-4-17-15(13-9-5-6-10-13)14-11-7-8-12-16(14,2)3/h9,14-15,17H,4-8,10-12H2,1-3H3. The van der Waals surface area contributed by atoms with Gasteiger partial charge in [0.15, 0.2) is 0 Å². The molecule has 1 heteroatoms. The summed E-state index contributed by atoms with van der Waals surface area (Å²) in [6, 6.07) is 0.665. The van der Waals surface area contributed by atoms with Crippen LogP contribution in [0.15, 0.2) is 11.6 Å². The first-order valence-electron chi connectivity index (χ1n) is 7.57. The minimum Gasteiger partial charge on any atom is -0.310 e. The van der Waals surface area contributed by atoms with Crippen molar-refractivity contribution in [3.63, 3.8) is 0 Å². The summed E-state index contributed by atoms with van der Waals surface area (Å²) in [7, 11) is 0. The normalized spacial score (nSPS) is 30.1. The third kappa shape index (κ3) is 2.93. The molecule has 2 aliphatic carbocycles. The summed E-state index contributed by atoms with van der Waals surface area (Å²) in [4.78, 5) is 0. The van der Waals surface area contributed by atoms with Gasteiger partial charge in [-0.2, -0.15) is 0 Å². The van der Waals surface area contributed by atoms with E-state index in [1.807, 2.05) is 0 Å². The second-order valence-electron chi connectivity index (χ2n) is 6.55. The average molecular weight is 235 g/mol. The van der Waals surface area contributed by atoms with Crippen LogP contribution in [0.5, 0.6) is 0 Å². The zero-order valence-electron chi connectivity index (χ0n) is 11.9. The first kappa shape index (κ1) is 13.1. The van der Waals surface area contributed by atoms with Crippen molar-refractivity contribution in [1.82, 2.24) is 5.32 Å². The topological polar surface area (TPSA) is 12.0 Å². The first-order valence-corrected chi connectivity index (χ1v) is 7.57. The van der Waals surface area contributed by atoms with Crippen LogP contribution in [-0.4, -0.2) is 12.6 Å². The smallest absolute Gasteiger partial charge is 0.0312 e. The summed E-state index contributed by atoms with van der Waals surface area (Å²) in [6.07, 6.45) is 12.2. The quantitative estimate of drug-likeness (QED) is 0.717. The summed E-state index contributed by atoms with van der Waals surface area (Å²) in [5.41, 5.74) is 2.24. The van der Waals surface area contributed by atoms with E-state index in [0.717, 1.165) is 12.5 Å². The highest BCUT2D eigenvalue weighted by Crippen LogP contribution is 2.44. The van der Waals surface area contributed by atoms with Crippen LogP contribution >= 0.6 is 0 Å². The predicted molar refractivity (Wildman–Crippen MR) is 75.1 cm³/mol. The maximum atomic E-state index is 3.78. The Labute approximate surface area is 107 Å². The summed E-state index contributed by atoms with van der Waals surface area (Å²) in [6.45, 7) is 8.32. The summed E-state index contributed by atoms with van der Waals surface area (Å²) >= 11 is 0. The fourth-order valence-corrected chi connectivity index (χ4v) is 3.87. The molecule has 1 fully saturated rings. The molecule has 0 aromatic carbocycles. The molecular weight excluding hydrogens is 206 g/mol. The van der Waals surface area contributed by atoms with Gasteiger partial charge in [-0.1, -0.05) is 45.3 Å². The van der Waals surface area contributed by atoms with E-state index >= 15 is 0 Å². The second-order valence-corrected chi connectivity index (χ2v) is 6.55. The van der Waals surface area contributed by atoms with Crippen molar-refractivity contribution in [2.75, 3.05) is 6.54 Å². The zero-order chi connectivity index (χ0) is 12.3. The van der Waals surface area contributed by atoms with Crippen LogP contribution in [0.2, 0.25) is 0 Å². The summed E-state index contributed by atoms with van der Waals surface area (Å²) < 4.78 is 0. The highest BCUT2D eigenvalue weighted by Gasteiger charge is 2.38. The van der Waals surface area contributed by atoms with Crippen LogP contribution < -0.4 is 5.32 Å². The molecule has 0 amide bonds. The van der Waals surface area contributed by atoms with Crippen molar-refractivity contribution in [3.8, 4) is 0 Å². The number of allylic oxidation sites excluding steroid dienone is 1. The molecule has 2 rings (SSSR count). The zero-order valence-corrected chi connectivity index (χ0v) is 11.9. The molecule has 0 aromatic heterocycles. The van der Waals surface area contributed by atoms with E-state index in [9.17, 15) is 0 Å². The van der Waals surface area contributed by atoms with Gasteiger partial charge < -0.3 is 5.32 Å². The lowest BCUT2D eigenvalue weighted by Crippen LogP contribution is -2.45. The van der Waals surface area contributed by atoms with Gasteiger partial charge in [0.2, 0.25) is 0 Å². The maximum absolute atomic E-state index is 3.78. The minimum atomic E-state index is 0.522. The highest BCUT2D eigenvalue weighted by molar-refractivity contribution is 5.18. The van der Waals surface area contributed by atoms with Gasteiger partial charge in [-0.3, -0.25) is 0 Å². The van der Waals surface area contributed by atoms with E-state index in [2.05, 4.69) is 32.2 Å². The minimum absolute atomic E-state index is 0.522. The number of likely N-dealkylation sites (N-methyl/N-ethyl adjacent to an activating group) is 1. The lowest BCUT2D eigenvalue weighted by atomic mass is 9.64. The fourth-order valence-electron chi connectivity index (χ4n) is 3.87. The van der Waals surface area contributed by atoms with Crippen LogP contribution in [0.3, 0.4) is 0 Å². The number of hydrogen-bond donors (Lipinski definition) is 1. The summed E-state index contributed by atoms with van der Waals surface area (Å²) in [5, 5.41) is 3.78. The Morgan fingerprint density at radius 3 is 2.76 bits per heavy atom. The molecule has 1 nitrogen and oxygen atoms in total. The van der Waals surface area contributed by atoms with Crippen molar-refractivity contribution in [3.05, 3.63) is 11.6 Å². The largest absolute Gasteiger partial charge is 0.310 e. The molecule has 0 spiro atoms. The van der Waals surface area contributed by atoms with Crippen LogP contribution in [0.4, 0.5) is 0 Å². The van der Waals surface area contributed by atoms with Gasteiger partial charge in [0.25, 0.3) is 0 Å². The van der Waals surface area contributed by atoms with Crippen molar-refractivity contribution in [2.45, 2.75) is 71.8 Å². The van der Waals surface area contributed by atoms with Crippen molar-refractivity contribution in [2.24, 2.45) is 11.3 Å². The van der Waals surface area contributed by atoms with Gasteiger partial charge in [0.1, 0.15) is 0 Å². The van der Waals surface area contributed by atoms with Crippen molar-refractivity contribution in [1.29, 1.82) is 0 Å². The molecule has 0 aromatic rings. The van der Waals surface area contributed by atoms with Crippen LogP contribution in [0.25, 0.3) is 0 Å². The number of rotatable bonds is 4. The number of nitrogens with one attached hydrogen (secondary N) is 1. The SMILES string of the molecule is CCNC(C1=CCCC1)C1CCCCC1(C)C. The van der Waals surface area contributed by atoms with Gasteiger partial charge in [-0.25, -0.2) is 0 Å². The van der Waals surface area contributed by atoms with E-state index in [-0.39, 0.29) is 0 Å². The first-order chi connectivity index (χ1) is 8.15. The second kappa shape index (κ2) is 5.56. The van der Waals surface area contributed by atoms with Gasteiger partial charge in [-0.05, 0) is 50.0 Å². The molecule has 1 N–H and O–H groups in total. The maximum Gasteiger partial charge on any atom is 0.0312 e. The lowest BCUT2D eigenvalue weighted by Gasteiger charge is -2.44. The molecule has 2 unspecified atom stereocenters. The van der Waals surface area contributed by atoms with Crippen molar-refractivity contribution >= 4 is 0 Å². The van der Waals surface area contributed by atoms with E-state index in [0.29, 0.717) is 11.5 Å². The number of hydrogen-bond acceptors (Lipinski definition) is 1. The molecule has 98 valence electrons. The molecule has 0 saturated heterocycles. The van der Waals surface area contributed by atoms with E-state index in [1.54, 1.807) is 5.57 Å². The third-order valence-electron chi connectivity index (χ3n) is 4.89. The van der Waals surface area contributed by atoms with Gasteiger partial charge in [0.05, 0.1) is 0 Å². The Hall–Kier alpha value is -0.300. The predicted octanol–water partition coefficient (Wildman–Crippen LogP) is 4.29. The fraction of sp³-hybridized carbons (Fsp3) is 0.875. The molecule has 17 heavy (non-hydrogen) atoms. The lowest BCUT2D eigenvalue weighted by molar-refractivity contribution is 0.110. The molecule has 1 saturated carbocycles. The van der Waals surface area contributed by atoms with Gasteiger partial charge in [-0.15, -0.1) is 0 Å². The Kier molecular flexibility index (Phi) is 4.30. The Bertz CT molecular complexity index is 277. The Morgan fingerprint density at radius 2 is 2.18 bits per heavy atom. The monoisotopic (exact) mass is 235 g/mol. The van der Waals surface area contributed by atoms with Crippen LogP contribution in [0, 0.1) is 11.3 Å². The molecular formula is C16H29N. The Morgan fingerprint density at radius 1 is 1.35 bits per heavy atom.